The Hall–Kier alpha value is -0.910. The van der Waals surface area contributed by atoms with Crippen LogP contribution >= 0.6 is 11.8 Å². The monoisotopic (exact) mass is 248 g/mol. The Morgan fingerprint density at radius 3 is 2.62 bits per heavy atom. The van der Waals surface area contributed by atoms with Crippen molar-refractivity contribution >= 4 is 23.8 Å². The van der Waals surface area contributed by atoms with E-state index in [1.807, 2.05) is 6.26 Å². The molecule has 0 fully saturated rings. The summed E-state index contributed by atoms with van der Waals surface area (Å²) in [5.74, 6) is -0.350. The number of carboxylic acids is 1. The lowest BCUT2D eigenvalue weighted by molar-refractivity contribution is -0.141. The summed E-state index contributed by atoms with van der Waals surface area (Å²) in [4.78, 5) is 23.6. The Morgan fingerprint density at radius 1 is 1.50 bits per heavy atom. The van der Waals surface area contributed by atoms with Crippen molar-refractivity contribution in [3.63, 3.8) is 0 Å². The highest BCUT2D eigenvalue weighted by molar-refractivity contribution is 7.98. The molecule has 5 nitrogen and oxygen atoms in total. The van der Waals surface area contributed by atoms with E-state index in [0.29, 0.717) is 19.5 Å². The van der Waals surface area contributed by atoms with E-state index in [2.05, 4.69) is 5.32 Å². The number of nitrogens with one attached hydrogen (secondary N) is 1. The van der Waals surface area contributed by atoms with Crippen LogP contribution in [0.4, 0.5) is 4.79 Å². The van der Waals surface area contributed by atoms with E-state index in [1.54, 1.807) is 30.6 Å². The summed E-state index contributed by atoms with van der Waals surface area (Å²) in [6.07, 6.45) is 2.44. The van der Waals surface area contributed by atoms with Gasteiger partial charge in [0.05, 0.1) is 5.92 Å². The summed E-state index contributed by atoms with van der Waals surface area (Å²) >= 11 is 1.68. The molecule has 2 N–H and O–H groups in total. The van der Waals surface area contributed by atoms with Gasteiger partial charge in [0.25, 0.3) is 0 Å². The fourth-order valence-corrected chi connectivity index (χ4v) is 1.44. The Labute approximate surface area is 101 Å². The van der Waals surface area contributed by atoms with E-state index in [9.17, 15) is 9.59 Å². The smallest absolute Gasteiger partial charge is 0.317 e. The van der Waals surface area contributed by atoms with Crippen LogP contribution in [-0.4, -0.2) is 54.2 Å². The molecule has 0 rings (SSSR count). The summed E-state index contributed by atoms with van der Waals surface area (Å²) < 4.78 is 0. The van der Waals surface area contributed by atoms with Gasteiger partial charge in [-0.05, 0) is 12.7 Å². The van der Waals surface area contributed by atoms with E-state index in [4.69, 9.17) is 5.11 Å². The molecule has 1 unspecified atom stereocenters. The number of amides is 2. The molecule has 94 valence electrons. The summed E-state index contributed by atoms with van der Waals surface area (Å²) in [5, 5.41) is 11.3. The zero-order valence-electron chi connectivity index (χ0n) is 10.0. The van der Waals surface area contributed by atoms with E-state index in [0.717, 1.165) is 5.75 Å². The van der Waals surface area contributed by atoms with E-state index in [1.165, 1.54) is 0 Å². The Bertz CT molecular complexity index is 236. The molecule has 0 radical (unpaired) electrons. The normalized spacial score (nSPS) is 11.9. The van der Waals surface area contributed by atoms with Crippen molar-refractivity contribution in [2.45, 2.75) is 13.3 Å². The Kier molecular flexibility index (Phi) is 7.80. The van der Waals surface area contributed by atoms with Crippen LogP contribution in [0.2, 0.25) is 0 Å². The largest absolute Gasteiger partial charge is 0.481 e. The van der Waals surface area contributed by atoms with Gasteiger partial charge in [0.15, 0.2) is 0 Å². The highest BCUT2D eigenvalue weighted by Gasteiger charge is 2.12. The van der Waals surface area contributed by atoms with Gasteiger partial charge in [0.1, 0.15) is 0 Å². The summed E-state index contributed by atoms with van der Waals surface area (Å²) in [6, 6.07) is -0.147. The minimum atomic E-state index is -0.829. The van der Waals surface area contributed by atoms with Crippen LogP contribution in [0.5, 0.6) is 0 Å². The zero-order valence-corrected chi connectivity index (χ0v) is 10.8. The molecular weight excluding hydrogens is 228 g/mol. The molecule has 2 amide bonds. The molecule has 0 aromatic heterocycles. The molecule has 0 bridgehead atoms. The van der Waals surface area contributed by atoms with Gasteiger partial charge in [0.2, 0.25) is 0 Å². The first-order valence-electron chi connectivity index (χ1n) is 5.19. The van der Waals surface area contributed by atoms with Crippen molar-refractivity contribution in [2.75, 3.05) is 32.1 Å². The van der Waals surface area contributed by atoms with Crippen LogP contribution in [0.3, 0.4) is 0 Å². The number of hydrogen-bond acceptors (Lipinski definition) is 3. The average Bonchev–Trinajstić information content (AvgIpc) is 2.25. The maximum absolute atomic E-state index is 11.5. The van der Waals surface area contributed by atoms with Crippen molar-refractivity contribution in [3.8, 4) is 0 Å². The third-order valence-electron chi connectivity index (χ3n) is 2.25. The molecule has 0 aliphatic carbocycles. The third-order valence-corrected chi connectivity index (χ3v) is 2.84. The lowest BCUT2D eigenvalue weighted by Gasteiger charge is -2.17. The van der Waals surface area contributed by atoms with Crippen molar-refractivity contribution in [1.29, 1.82) is 0 Å². The Morgan fingerprint density at radius 2 is 2.12 bits per heavy atom. The zero-order chi connectivity index (χ0) is 12.6. The second kappa shape index (κ2) is 8.27. The van der Waals surface area contributed by atoms with Gasteiger partial charge < -0.3 is 15.3 Å². The minimum Gasteiger partial charge on any atom is -0.481 e. The third kappa shape index (κ3) is 6.55. The first kappa shape index (κ1) is 15.1. The summed E-state index contributed by atoms with van der Waals surface area (Å²) in [7, 11) is 1.73. The molecule has 0 saturated carbocycles. The summed E-state index contributed by atoms with van der Waals surface area (Å²) in [5.41, 5.74) is 0. The molecule has 1 atom stereocenters. The molecule has 0 aromatic carbocycles. The van der Waals surface area contributed by atoms with Crippen molar-refractivity contribution in [3.05, 3.63) is 0 Å². The number of rotatable bonds is 7. The van der Waals surface area contributed by atoms with Crippen molar-refractivity contribution < 1.29 is 14.7 Å². The number of carbonyl (C=O) groups is 2. The fourth-order valence-electron chi connectivity index (χ4n) is 0.984. The van der Waals surface area contributed by atoms with E-state index >= 15 is 0 Å². The standard InChI is InChI=1S/C10H20N2O3S/c1-8(9(13)14)4-5-11-10(15)12(2)6-7-16-3/h8H,4-7H2,1-3H3,(H,11,15)(H,13,14). The maximum atomic E-state index is 11.5. The van der Waals surface area contributed by atoms with Crippen molar-refractivity contribution in [2.24, 2.45) is 5.92 Å². The minimum absolute atomic E-state index is 0.147. The Balaban J connectivity index is 3.68. The molecule has 6 heteroatoms. The highest BCUT2D eigenvalue weighted by atomic mass is 32.2. The lowest BCUT2D eigenvalue weighted by Crippen LogP contribution is -2.39. The van der Waals surface area contributed by atoms with Crippen LogP contribution in [0.25, 0.3) is 0 Å². The van der Waals surface area contributed by atoms with Gasteiger partial charge in [-0.2, -0.15) is 11.8 Å². The predicted octanol–water partition coefficient (Wildman–Crippen LogP) is 1.10. The second-order valence-corrected chi connectivity index (χ2v) is 4.66. The van der Waals surface area contributed by atoms with Crippen LogP contribution < -0.4 is 5.32 Å². The molecular formula is C10H20N2O3S. The van der Waals surface area contributed by atoms with Crippen molar-refractivity contribution in [1.82, 2.24) is 10.2 Å². The van der Waals surface area contributed by atoms with Gasteiger partial charge in [-0.3, -0.25) is 4.79 Å². The lowest BCUT2D eigenvalue weighted by atomic mass is 10.1. The SMILES string of the molecule is CSCCN(C)C(=O)NCCC(C)C(=O)O. The number of aliphatic carboxylic acids is 1. The number of thioether (sulfide) groups is 1. The molecule has 0 aliphatic heterocycles. The number of nitrogens with zero attached hydrogens (tertiary/aromatic N) is 1. The quantitative estimate of drug-likeness (QED) is 0.708. The molecule has 0 aromatic rings. The molecule has 16 heavy (non-hydrogen) atoms. The first-order chi connectivity index (χ1) is 7.49. The predicted molar refractivity (Wildman–Crippen MR) is 65.8 cm³/mol. The van der Waals surface area contributed by atoms with Gasteiger partial charge in [-0.25, -0.2) is 4.79 Å². The van der Waals surface area contributed by atoms with E-state index in [-0.39, 0.29) is 6.03 Å². The number of urea groups is 1. The topological polar surface area (TPSA) is 69.6 Å². The van der Waals surface area contributed by atoms with Crippen LogP contribution in [0.1, 0.15) is 13.3 Å². The van der Waals surface area contributed by atoms with Gasteiger partial charge in [0, 0.05) is 25.9 Å². The molecule has 0 saturated heterocycles. The fraction of sp³-hybridized carbons (Fsp3) is 0.800. The van der Waals surface area contributed by atoms with Gasteiger partial charge >= 0.3 is 12.0 Å². The first-order valence-corrected chi connectivity index (χ1v) is 6.59. The van der Waals surface area contributed by atoms with Crippen LogP contribution in [0.15, 0.2) is 0 Å². The van der Waals surface area contributed by atoms with E-state index < -0.39 is 11.9 Å². The summed E-state index contributed by atoms with van der Waals surface area (Å²) in [6.45, 7) is 2.73. The number of carboxylic acid groups (broad SMARTS) is 1. The maximum Gasteiger partial charge on any atom is 0.317 e. The van der Waals surface area contributed by atoms with Gasteiger partial charge in [-0.15, -0.1) is 0 Å². The van der Waals surface area contributed by atoms with Gasteiger partial charge in [-0.1, -0.05) is 6.92 Å². The number of carbonyl (C=O) groups excluding carboxylic acids is 1. The molecule has 0 spiro atoms. The second-order valence-electron chi connectivity index (χ2n) is 3.67. The van der Waals surface area contributed by atoms with Crippen LogP contribution in [-0.2, 0) is 4.79 Å². The molecule has 0 aliphatic rings. The highest BCUT2D eigenvalue weighted by Crippen LogP contribution is 2.00. The van der Waals surface area contributed by atoms with Crippen LogP contribution in [0, 0.1) is 5.92 Å². The molecule has 0 heterocycles. The average molecular weight is 248 g/mol. The number of hydrogen-bond donors (Lipinski definition) is 2.